The van der Waals surface area contributed by atoms with Gasteiger partial charge in [0.05, 0.1) is 5.69 Å². The fourth-order valence-electron chi connectivity index (χ4n) is 1.30. The summed E-state index contributed by atoms with van der Waals surface area (Å²) in [5, 5.41) is 3.97. The predicted molar refractivity (Wildman–Crippen MR) is 68.0 cm³/mol. The van der Waals surface area contributed by atoms with Crippen LogP contribution in [-0.2, 0) is 16.6 Å². The number of rotatable bonds is 4. The summed E-state index contributed by atoms with van der Waals surface area (Å²) in [5.41, 5.74) is 5.47. The maximum absolute atomic E-state index is 11.4. The van der Waals surface area contributed by atoms with Crippen LogP contribution in [0, 0.1) is 5.92 Å². The topological polar surface area (TPSA) is 76.0 Å². The zero-order valence-corrected chi connectivity index (χ0v) is 10.8. The fourth-order valence-corrected chi connectivity index (χ4v) is 1.30. The van der Waals surface area contributed by atoms with Crippen LogP contribution in [0.5, 0.6) is 0 Å². The van der Waals surface area contributed by atoms with Crippen molar-refractivity contribution in [1.29, 1.82) is 0 Å². The van der Waals surface area contributed by atoms with Gasteiger partial charge >= 0.3 is 0 Å². The normalized spacial score (nSPS) is 10.9. The predicted octanol–water partition coefficient (Wildman–Crippen LogP) is 0.627. The molecule has 1 aromatic heterocycles. The van der Waals surface area contributed by atoms with Gasteiger partial charge in [-0.25, -0.2) is 0 Å². The van der Waals surface area contributed by atoms with E-state index in [4.69, 9.17) is 0 Å². The van der Waals surface area contributed by atoms with E-state index < -0.39 is 0 Å². The van der Waals surface area contributed by atoms with Crippen LogP contribution in [0.15, 0.2) is 18.3 Å². The summed E-state index contributed by atoms with van der Waals surface area (Å²) >= 11 is 0. The van der Waals surface area contributed by atoms with Gasteiger partial charge in [-0.2, -0.15) is 5.10 Å². The van der Waals surface area contributed by atoms with Crippen molar-refractivity contribution in [3.8, 4) is 0 Å². The molecule has 98 valence electrons. The third-order valence-corrected chi connectivity index (χ3v) is 2.18. The highest BCUT2D eigenvalue weighted by molar-refractivity contribution is 5.92. The molecule has 0 aromatic carbocycles. The first-order valence-corrected chi connectivity index (χ1v) is 5.74. The average Bonchev–Trinajstić information content (AvgIpc) is 2.68. The Morgan fingerprint density at radius 3 is 2.72 bits per heavy atom. The molecule has 0 aliphatic carbocycles. The smallest absolute Gasteiger partial charge is 0.262 e. The Morgan fingerprint density at radius 2 is 2.17 bits per heavy atom. The molecule has 0 aliphatic rings. The van der Waals surface area contributed by atoms with Crippen molar-refractivity contribution in [2.75, 3.05) is 0 Å². The third kappa shape index (κ3) is 4.82. The molecular weight excluding hydrogens is 232 g/mol. The maximum Gasteiger partial charge on any atom is 0.262 e. The molecule has 2 amide bonds. The van der Waals surface area contributed by atoms with Gasteiger partial charge in [-0.15, -0.1) is 0 Å². The molecule has 0 saturated carbocycles. The Morgan fingerprint density at radius 1 is 1.44 bits per heavy atom. The minimum Gasteiger partial charge on any atom is -0.273 e. The van der Waals surface area contributed by atoms with E-state index in [0.29, 0.717) is 6.42 Å². The molecule has 1 rings (SSSR count). The van der Waals surface area contributed by atoms with Crippen LogP contribution >= 0.6 is 0 Å². The zero-order valence-electron chi connectivity index (χ0n) is 10.8. The summed E-state index contributed by atoms with van der Waals surface area (Å²) in [4.78, 5) is 22.7. The van der Waals surface area contributed by atoms with Gasteiger partial charge in [0.25, 0.3) is 5.91 Å². The second-order valence-electron chi connectivity index (χ2n) is 4.35. The number of amides is 2. The summed E-state index contributed by atoms with van der Waals surface area (Å²) in [6.07, 6.45) is 4.98. The number of nitrogens with zero attached hydrogens (tertiary/aromatic N) is 2. The van der Waals surface area contributed by atoms with E-state index in [1.54, 1.807) is 30.1 Å². The highest BCUT2D eigenvalue weighted by Crippen LogP contribution is 1.99. The minimum absolute atomic E-state index is 0.202. The van der Waals surface area contributed by atoms with Crippen molar-refractivity contribution in [2.45, 2.75) is 20.3 Å². The van der Waals surface area contributed by atoms with Crippen LogP contribution in [0.25, 0.3) is 6.08 Å². The Labute approximate surface area is 106 Å². The van der Waals surface area contributed by atoms with Gasteiger partial charge in [0.2, 0.25) is 5.91 Å². The Hall–Kier alpha value is -2.11. The van der Waals surface area contributed by atoms with Crippen LogP contribution in [0.3, 0.4) is 0 Å². The molecule has 0 unspecified atom stereocenters. The Bertz CT molecular complexity index is 449. The number of carbonyl (C=O) groups is 2. The summed E-state index contributed by atoms with van der Waals surface area (Å²) in [5.74, 6) is -0.326. The molecule has 1 heterocycles. The number of aryl methyl sites for hydroxylation is 1. The maximum atomic E-state index is 11.4. The van der Waals surface area contributed by atoms with Crippen molar-refractivity contribution in [3.63, 3.8) is 0 Å². The first kappa shape index (κ1) is 14.0. The van der Waals surface area contributed by atoms with E-state index in [1.165, 1.54) is 6.08 Å². The van der Waals surface area contributed by atoms with Gasteiger partial charge in [0.15, 0.2) is 0 Å². The molecule has 6 heteroatoms. The summed E-state index contributed by atoms with van der Waals surface area (Å²) in [6.45, 7) is 3.87. The quantitative estimate of drug-likeness (QED) is 0.608. The second-order valence-corrected chi connectivity index (χ2v) is 4.35. The van der Waals surface area contributed by atoms with Crippen molar-refractivity contribution < 1.29 is 9.59 Å². The number of hydrazine groups is 1. The molecule has 0 aliphatic heterocycles. The van der Waals surface area contributed by atoms with Gasteiger partial charge in [0, 0.05) is 25.7 Å². The largest absolute Gasteiger partial charge is 0.273 e. The van der Waals surface area contributed by atoms with Crippen molar-refractivity contribution in [2.24, 2.45) is 13.0 Å². The highest BCUT2D eigenvalue weighted by atomic mass is 16.2. The lowest BCUT2D eigenvalue weighted by molar-refractivity contribution is -0.127. The monoisotopic (exact) mass is 250 g/mol. The van der Waals surface area contributed by atoms with E-state index in [9.17, 15) is 9.59 Å². The molecule has 0 spiro atoms. The van der Waals surface area contributed by atoms with Crippen LogP contribution in [0.1, 0.15) is 26.0 Å². The van der Waals surface area contributed by atoms with E-state index in [-0.39, 0.29) is 17.7 Å². The lowest BCUT2D eigenvalue weighted by Crippen LogP contribution is -2.41. The van der Waals surface area contributed by atoms with Crippen molar-refractivity contribution >= 4 is 17.9 Å². The van der Waals surface area contributed by atoms with Crippen LogP contribution in [0.2, 0.25) is 0 Å². The number of nitrogens with one attached hydrogen (secondary N) is 2. The first-order valence-electron chi connectivity index (χ1n) is 5.74. The summed E-state index contributed by atoms with van der Waals surface area (Å²) < 4.78 is 1.64. The van der Waals surface area contributed by atoms with Gasteiger partial charge in [-0.3, -0.25) is 25.1 Å². The molecule has 1 aromatic rings. The number of hydrogen-bond acceptors (Lipinski definition) is 3. The molecular formula is C12H18N4O2. The van der Waals surface area contributed by atoms with Crippen LogP contribution < -0.4 is 10.9 Å². The van der Waals surface area contributed by atoms with Crippen LogP contribution in [-0.4, -0.2) is 21.6 Å². The molecule has 0 saturated heterocycles. The second kappa shape index (κ2) is 6.58. The van der Waals surface area contributed by atoms with Gasteiger partial charge in [-0.1, -0.05) is 13.8 Å². The zero-order chi connectivity index (χ0) is 13.5. The Balaban J connectivity index is 2.36. The minimum atomic E-state index is -0.381. The molecule has 0 bridgehead atoms. The molecule has 6 nitrogen and oxygen atoms in total. The van der Waals surface area contributed by atoms with E-state index >= 15 is 0 Å². The SMILES string of the molecule is CC(C)CC(=O)NNC(=O)/C=C/c1ccnn1C. The lowest BCUT2D eigenvalue weighted by Gasteiger charge is -2.06. The van der Waals surface area contributed by atoms with E-state index in [1.807, 2.05) is 13.8 Å². The van der Waals surface area contributed by atoms with Gasteiger partial charge in [-0.05, 0) is 18.1 Å². The molecule has 2 N–H and O–H groups in total. The fraction of sp³-hybridized carbons (Fsp3) is 0.417. The summed E-state index contributed by atoms with van der Waals surface area (Å²) in [7, 11) is 1.78. The first-order chi connectivity index (χ1) is 8.49. The van der Waals surface area contributed by atoms with Gasteiger partial charge in [0.1, 0.15) is 0 Å². The lowest BCUT2D eigenvalue weighted by atomic mass is 10.1. The molecule has 0 atom stereocenters. The average molecular weight is 250 g/mol. The highest BCUT2D eigenvalue weighted by Gasteiger charge is 2.04. The Kier molecular flexibility index (Phi) is 5.10. The van der Waals surface area contributed by atoms with Crippen molar-refractivity contribution in [3.05, 3.63) is 24.0 Å². The third-order valence-electron chi connectivity index (χ3n) is 2.18. The molecule has 18 heavy (non-hydrogen) atoms. The van der Waals surface area contributed by atoms with E-state index in [0.717, 1.165) is 5.69 Å². The van der Waals surface area contributed by atoms with E-state index in [2.05, 4.69) is 16.0 Å². The van der Waals surface area contributed by atoms with Crippen molar-refractivity contribution in [1.82, 2.24) is 20.6 Å². The number of carbonyl (C=O) groups excluding carboxylic acids is 2. The molecule has 0 fully saturated rings. The summed E-state index contributed by atoms with van der Waals surface area (Å²) in [6, 6.07) is 1.78. The number of aromatic nitrogens is 2. The standard InChI is InChI=1S/C12H18N4O2/c1-9(2)8-12(18)15-14-11(17)5-4-10-6-7-13-16(10)3/h4-7,9H,8H2,1-3H3,(H,14,17)(H,15,18)/b5-4+. The number of hydrogen-bond donors (Lipinski definition) is 2. The molecule has 0 radical (unpaired) electrons. The van der Waals surface area contributed by atoms with Crippen LogP contribution in [0.4, 0.5) is 0 Å². The van der Waals surface area contributed by atoms with Gasteiger partial charge < -0.3 is 0 Å².